The van der Waals surface area contributed by atoms with Crippen LogP contribution in [0.15, 0.2) is 47.5 Å². The fourth-order valence-corrected chi connectivity index (χ4v) is 5.56. The maximum absolute atomic E-state index is 13.5. The normalized spacial score (nSPS) is 20.5. The minimum absolute atomic E-state index is 0.0116. The van der Waals surface area contributed by atoms with Crippen molar-refractivity contribution < 1.29 is 23.1 Å². The lowest BCUT2D eigenvalue weighted by Crippen LogP contribution is -2.50. The van der Waals surface area contributed by atoms with Crippen LogP contribution in [0.3, 0.4) is 0 Å². The Labute approximate surface area is 201 Å². The molecule has 9 heteroatoms. The summed E-state index contributed by atoms with van der Waals surface area (Å²) in [6, 6.07) is 9.53. The van der Waals surface area contributed by atoms with Gasteiger partial charge in [-0.05, 0) is 43.2 Å². The minimum Gasteiger partial charge on any atom is -0.487 e. The maximum Gasteiger partial charge on any atom is 0.247 e. The van der Waals surface area contributed by atoms with Crippen molar-refractivity contribution in [1.29, 1.82) is 0 Å². The molecule has 1 N–H and O–H groups in total. The molecule has 3 atom stereocenters. The van der Waals surface area contributed by atoms with E-state index in [1.165, 1.54) is 10.4 Å². The van der Waals surface area contributed by atoms with E-state index in [0.29, 0.717) is 24.2 Å². The number of carbonyl (C=O) groups excluding carboxylic acids is 1. The van der Waals surface area contributed by atoms with Gasteiger partial charge in [0.05, 0.1) is 13.2 Å². The first-order chi connectivity index (χ1) is 16.2. The molecule has 2 heterocycles. The topological polar surface area (TPSA) is 100 Å². The van der Waals surface area contributed by atoms with Gasteiger partial charge in [0, 0.05) is 43.7 Å². The smallest absolute Gasteiger partial charge is 0.247 e. The zero-order chi connectivity index (χ0) is 24.9. The number of hydrogen-bond donors (Lipinski definition) is 1. The van der Waals surface area contributed by atoms with E-state index in [-0.39, 0.29) is 35.6 Å². The number of aliphatic hydroxyl groups is 1. The molecule has 0 fully saturated rings. The van der Waals surface area contributed by atoms with Crippen molar-refractivity contribution in [1.82, 2.24) is 14.2 Å². The first kappa shape index (κ1) is 25.7. The van der Waals surface area contributed by atoms with Crippen LogP contribution in [0, 0.1) is 17.8 Å². The van der Waals surface area contributed by atoms with Gasteiger partial charge in [0.25, 0.3) is 0 Å². The van der Waals surface area contributed by atoms with Crippen LogP contribution in [0.4, 0.5) is 0 Å². The largest absolute Gasteiger partial charge is 0.487 e. The molecule has 0 radical (unpaired) electrons. The molecule has 182 valence electrons. The van der Waals surface area contributed by atoms with Crippen LogP contribution in [0.5, 0.6) is 5.75 Å². The summed E-state index contributed by atoms with van der Waals surface area (Å²) >= 11 is 0. The second kappa shape index (κ2) is 11.0. The number of hydrogen-bond acceptors (Lipinski definition) is 6. The van der Waals surface area contributed by atoms with Crippen molar-refractivity contribution in [2.24, 2.45) is 5.92 Å². The van der Waals surface area contributed by atoms with Crippen LogP contribution >= 0.6 is 0 Å². The molecule has 1 aromatic heterocycles. The molecule has 0 unspecified atom stereocenters. The lowest BCUT2D eigenvalue weighted by atomic mass is 10.0. The highest BCUT2D eigenvalue weighted by Gasteiger charge is 2.38. The summed E-state index contributed by atoms with van der Waals surface area (Å²) in [4.78, 5) is 18.0. The number of aliphatic hydroxyl groups excluding tert-OH is 1. The van der Waals surface area contributed by atoms with E-state index in [4.69, 9.17) is 4.74 Å². The van der Waals surface area contributed by atoms with Crippen molar-refractivity contribution in [2.75, 3.05) is 26.7 Å². The van der Waals surface area contributed by atoms with Crippen LogP contribution in [-0.4, -0.2) is 72.5 Å². The van der Waals surface area contributed by atoms with Gasteiger partial charge in [0.15, 0.2) is 0 Å². The van der Waals surface area contributed by atoms with Crippen molar-refractivity contribution in [3.8, 4) is 17.6 Å². The standard InChI is InChI=1S/C25H31N3O5S/c1-5-25(30)27(4)16-23-18(2)15-28(19(3)17-29)34(31,32)24-12-10-20(14-22(24)33-23)9-11-21-8-6-7-13-26-21/h6-8,10,12-14,18-19,23,29H,5,15-17H2,1-4H3/t18-,19+,23+/m1/s1. The SMILES string of the molecule is CCC(=O)N(C)C[C@@H]1Oc2cc(C#Cc3ccccn3)ccc2S(=O)(=O)N([C@@H](C)CO)C[C@H]1C. The summed E-state index contributed by atoms with van der Waals surface area (Å²) in [5, 5.41) is 9.74. The van der Waals surface area contributed by atoms with Crippen molar-refractivity contribution >= 4 is 15.9 Å². The second-order valence-electron chi connectivity index (χ2n) is 8.49. The summed E-state index contributed by atoms with van der Waals surface area (Å²) in [6.45, 7) is 5.50. The summed E-state index contributed by atoms with van der Waals surface area (Å²) in [5.74, 6) is 5.88. The molecule has 1 aromatic carbocycles. The average molecular weight is 486 g/mol. The Bertz CT molecular complexity index is 1170. The van der Waals surface area contributed by atoms with Crippen LogP contribution in [0.25, 0.3) is 0 Å². The van der Waals surface area contributed by atoms with E-state index in [1.807, 2.05) is 13.0 Å². The molecular weight excluding hydrogens is 454 g/mol. The summed E-state index contributed by atoms with van der Waals surface area (Å²) in [5.41, 5.74) is 1.17. The number of amides is 1. The van der Waals surface area contributed by atoms with Gasteiger partial charge in [-0.25, -0.2) is 13.4 Å². The number of benzene rings is 1. The highest BCUT2D eigenvalue weighted by Crippen LogP contribution is 2.34. The molecule has 34 heavy (non-hydrogen) atoms. The maximum atomic E-state index is 13.5. The first-order valence-electron chi connectivity index (χ1n) is 11.3. The van der Waals surface area contributed by atoms with E-state index >= 15 is 0 Å². The van der Waals surface area contributed by atoms with Gasteiger partial charge < -0.3 is 14.7 Å². The Morgan fingerprint density at radius 3 is 2.74 bits per heavy atom. The predicted molar refractivity (Wildman–Crippen MR) is 129 cm³/mol. The quantitative estimate of drug-likeness (QED) is 0.652. The van der Waals surface area contributed by atoms with Gasteiger partial charge in [-0.15, -0.1) is 0 Å². The predicted octanol–water partition coefficient (Wildman–Crippen LogP) is 2.12. The lowest BCUT2D eigenvalue weighted by molar-refractivity contribution is -0.131. The molecule has 3 rings (SSSR count). The zero-order valence-corrected chi connectivity index (χ0v) is 20.7. The molecule has 0 saturated heterocycles. The molecule has 0 saturated carbocycles. The molecule has 2 aromatic rings. The molecule has 0 spiro atoms. The lowest BCUT2D eigenvalue weighted by Gasteiger charge is -2.37. The fourth-order valence-electron chi connectivity index (χ4n) is 3.74. The first-order valence-corrected chi connectivity index (χ1v) is 12.7. The van der Waals surface area contributed by atoms with Crippen LogP contribution in [-0.2, 0) is 14.8 Å². The van der Waals surface area contributed by atoms with E-state index in [2.05, 4.69) is 16.8 Å². The number of sulfonamides is 1. The van der Waals surface area contributed by atoms with Crippen molar-refractivity contribution in [3.05, 3.63) is 53.9 Å². The fraction of sp³-hybridized carbons (Fsp3) is 0.440. The molecule has 1 amide bonds. The second-order valence-corrected chi connectivity index (χ2v) is 10.4. The number of aromatic nitrogens is 1. The van der Waals surface area contributed by atoms with Crippen LogP contribution < -0.4 is 4.74 Å². The van der Waals surface area contributed by atoms with E-state index < -0.39 is 22.2 Å². The summed E-state index contributed by atoms with van der Waals surface area (Å²) in [7, 11) is -2.23. The third-order valence-electron chi connectivity index (χ3n) is 5.85. The van der Waals surface area contributed by atoms with Gasteiger partial charge in [-0.1, -0.05) is 25.8 Å². The molecule has 1 aliphatic rings. The van der Waals surface area contributed by atoms with E-state index in [0.717, 1.165) is 0 Å². The van der Waals surface area contributed by atoms with E-state index in [9.17, 15) is 18.3 Å². The highest BCUT2D eigenvalue weighted by molar-refractivity contribution is 7.89. The number of fused-ring (bicyclic) bond motifs is 1. The molecule has 0 bridgehead atoms. The molecule has 8 nitrogen and oxygen atoms in total. The number of pyridine rings is 1. The number of rotatable bonds is 5. The van der Waals surface area contributed by atoms with E-state index in [1.54, 1.807) is 56.3 Å². The Balaban J connectivity index is 2.06. The third kappa shape index (κ3) is 5.76. The van der Waals surface area contributed by atoms with Gasteiger partial charge in [0.1, 0.15) is 22.4 Å². The van der Waals surface area contributed by atoms with Crippen molar-refractivity contribution in [3.63, 3.8) is 0 Å². The summed E-state index contributed by atoms with van der Waals surface area (Å²) in [6.07, 6.45) is 1.56. The highest BCUT2D eigenvalue weighted by atomic mass is 32.2. The Morgan fingerprint density at radius 1 is 1.32 bits per heavy atom. The van der Waals surface area contributed by atoms with Crippen molar-refractivity contribution in [2.45, 2.75) is 44.2 Å². The van der Waals surface area contributed by atoms with Crippen LogP contribution in [0.1, 0.15) is 38.4 Å². The third-order valence-corrected chi connectivity index (χ3v) is 7.87. The van der Waals surface area contributed by atoms with Gasteiger partial charge in [-0.3, -0.25) is 4.79 Å². The average Bonchev–Trinajstić information content (AvgIpc) is 2.84. The van der Waals surface area contributed by atoms with Crippen LogP contribution in [0.2, 0.25) is 0 Å². The van der Waals surface area contributed by atoms with Gasteiger partial charge >= 0.3 is 0 Å². The number of nitrogens with zero attached hydrogens (tertiary/aromatic N) is 3. The Hall–Kier alpha value is -2.93. The zero-order valence-electron chi connectivity index (χ0n) is 19.9. The molecule has 0 aliphatic carbocycles. The van der Waals surface area contributed by atoms with Gasteiger partial charge in [0.2, 0.25) is 15.9 Å². The summed E-state index contributed by atoms with van der Waals surface area (Å²) < 4.78 is 34.6. The Morgan fingerprint density at radius 2 is 2.09 bits per heavy atom. The monoisotopic (exact) mass is 485 g/mol. The minimum atomic E-state index is -3.94. The molecule has 1 aliphatic heterocycles. The number of carbonyl (C=O) groups is 1. The number of likely N-dealkylation sites (N-methyl/N-ethyl adjacent to an activating group) is 1. The number of ether oxygens (including phenoxy) is 1. The molecular formula is C25H31N3O5S. The van der Waals surface area contributed by atoms with Gasteiger partial charge in [-0.2, -0.15) is 4.31 Å². The Kier molecular flexibility index (Phi) is 8.31.